The van der Waals surface area contributed by atoms with Gasteiger partial charge in [-0.2, -0.15) is 0 Å². The predicted octanol–water partition coefficient (Wildman–Crippen LogP) is 0.939. The van der Waals surface area contributed by atoms with Crippen LogP contribution in [0.25, 0.3) is 0 Å². The van der Waals surface area contributed by atoms with Crippen molar-refractivity contribution < 1.29 is 9.53 Å². The lowest BCUT2D eigenvalue weighted by atomic mass is 10.2. The Labute approximate surface area is 68.1 Å². The third-order valence-corrected chi connectivity index (χ3v) is 1.42. The SMILES string of the molecule is COCNCCCCCC=O. The quantitative estimate of drug-likeness (QED) is 0.325. The van der Waals surface area contributed by atoms with Gasteiger partial charge in [-0.1, -0.05) is 6.42 Å². The molecule has 11 heavy (non-hydrogen) atoms. The van der Waals surface area contributed by atoms with E-state index in [1.807, 2.05) is 0 Å². The second-order valence-electron chi connectivity index (χ2n) is 2.45. The average Bonchev–Trinajstić information content (AvgIpc) is 2.03. The topological polar surface area (TPSA) is 38.3 Å². The Balaban J connectivity index is 2.74. The van der Waals surface area contributed by atoms with Gasteiger partial charge in [0.15, 0.2) is 0 Å². The molecule has 0 amide bonds. The molecule has 0 bridgehead atoms. The lowest BCUT2D eigenvalue weighted by molar-refractivity contribution is -0.107. The van der Waals surface area contributed by atoms with E-state index in [2.05, 4.69) is 5.32 Å². The molecule has 0 unspecified atom stereocenters. The van der Waals surface area contributed by atoms with Crippen molar-refractivity contribution in [3.05, 3.63) is 0 Å². The number of carbonyl (C=O) groups is 1. The Morgan fingerprint density at radius 3 is 2.82 bits per heavy atom. The maximum absolute atomic E-state index is 9.90. The zero-order valence-corrected chi connectivity index (χ0v) is 7.14. The van der Waals surface area contributed by atoms with Crippen LogP contribution in [0.4, 0.5) is 0 Å². The van der Waals surface area contributed by atoms with Crippen molar-refractivity contribution in [1.82, 2.24) is 5.32 Å². The summed E-state index contributed by atoms with van der Waals surface area (Å²) in [4.78, 5) is 9.90. The number of aldehydes is 1. The molecular weight excluding hydrogens is 142 g/mol. The highest BCUT2D eigenvalue weighted by molar-refractivity contribution is 5.48. The fraction of sp³-hybridized carbons (Fsp3) is 0.875. The molecule has 0 saturated heterocycles. The first-order valence-corrected chi connectivity index (χ1v) is 4.05. The van der Waals surface area contributed by atoms with E-state index in [9.17, 15) is 4.79 Å². The van der Waals surface area contributed by atoms with Crippen LogP contribution < -0.4 is 5.32 Å². The smallest absolute Gasteiger partial charge is 0.119 e. The van der Waals surface area contributed by atoms with Crippen LogP contribution in [0, 0.1) is 0 Å². The van der Waals surface area contributed by atoms with Crippen LogP contribution in [-0.4, -0.2) is 26.7 Å². The number of nitrogens with one attached hydrogen (secondary N) is 1. The Morgan fingerprint density at radius 2 is 2.18 bits per heavy atom. The van der Waals surface area contributed by atoms with Crippen molar-refractivity contribution in [3.63, 3.8) is 0 Å². The second-order valence-corrected chi connectivity index (χ2v) is 2.45. The van der Waals surface area contributed by atoms with Gasteiger partial charge in [0.1, 0.15) is 6.29 Å². The average molecular weight is 159 g/mol. The van der Waals surface area contributed by atoms with Crippen molar-refractivity contribution in [3.8, 4) is 0 Å². The molecule has 0 rings (SSSR count). The molecule has 0 aromatic heterocycles. The summed E-state index contributed by atoms with van der Waals surface area (Å²) in [5.41, 5.74) is 0. The van der Waals surface area contributed by atoms with Gasteiger partial charge in [-0.25, -0.2) is 0 Å². The Kier molecular flexibility index (Phi) is 9.23. The minimum atomic E-state index is 0.619. The maximum atomic E-state index is 9.90. The Hall–Kier alpha value is -0.410. The van der Waals surface area contributed by atoms with Crippen molar-refractivity contribution in [2.45, 2.75) is 25.7 Å². The summed E-state index contributed by atoms with van der Waals surface area (Å²) in [6.07, 6.45) is 4.93. The summed E-state index contributed by atoms with van der Waals surface area (Å²) in [5, 5.41) is 3.10. The molecule has 3 nitrogen and oxygen atoms in total. The summed E-state index contributed by atoms with van der Waals surface area (Å²) in [6.45, 7) is 1.60. The zero-order chi connectivity index (χ0) is 8.36. The number of carbonyl (C=O) groups excluding carboxylic acids is 1. The van der Waals surface area contributed by atoms with Gasteiger partial charge in [0.2, 0.25) is 0 Å². The van der Waals surface area contributed by atoms with E-state index >= 15 is 0 Å². The first kappa shape index (κ1) is 10.6. The van der Waals surface area contributed by atoms with Gasteiger partial charge in [-0.3, -0.25) is 5.32 Å². The molecule has 0 aliphatic heterocycles. The number of unbranched alkanes of at least 4 members (excludes halogenated alkanes) is 3. The number of hydrogen-bond donors (Lipinski definition) is 1. The third kappa shape index (κ3) is 9.59. The van der Waals surface area contributed by atoms with Gasteiger partial charge in [0.05, 0.1) is 6.73 Å². The standard InChI is InChI=1S/C8H17NO2/c1-11-8-9-6-4-2-3-5-7-10/h7,9H,2-6,8H2,1H3. The molecule has 0 saturated carbocycles. The number of hydrogen-bond acceptors (Lipinski definition) is 3. The molecule has 0 aliphatic rings. The van der Waals surface area contributed by atoms with Crippen molar-refractivity contribution in [2.24, 2.45) is 0 Å². The maximum Gasteiger partial charge on any atom is 0.119 e. The van der Waals surface area contributed by atoms with Gasteiger partial charge < -0.3 is 9.53 Å². The van der Waals surface area contributed by atoms with Crippen LogP contribution in [0.1, 0.15) is 25.7 Å². The first-order valence-electron chi connectivity index (χ1n) is 4.05. The fourth-order valence-corrected chi connectivity index (χ4v) is 0.829. The van der Waals surface area contributed by atoms with Gasteiger partial charge in [-0.05, 0) is 19.4 Å². The van der Waals surface area contributed by atoms with Crippen molar-refractivity contribution in [2.75, 3.05) is 20.4 Å². The van der Waals surface area contributed by atoms with E-state index in [1.54, 1.807) is 7.11 Å². The number of ether oxygens (including phenoxy) is 1. The van der Waals surface area contributed by atoms with E-state index in [1.165, 1.54) is 0 Å². The number of methoxy groups -OCH3 is 1. The van der Waals surface area contributed by atoms with E-state index in [-0.39, 0.29) is 0 Å². The lowest BCUT2D eigenvalue weighted by Gasteiger charge is -2.01. The van der Waals surface area contributed by atoms with E-state index < -0.39 is 0 Å². The molecule has 66 valence electrons. The normalized spacial score (nSPS) is 9.91. The zero-order valence-electron chi connectivity index (χ0n) is 7.14. The molecule has 0 atom stereocenters. The number of rotatable bonds is 8. The lowest BCUT2D eigenvalue weighted by Crippen LogP contribution is -2.17. The predicted molar refractivity (Wildman–Crippen MR) is 44.4 cm³/mol. The molecule has 0 heterocycles. The van der Waals surface area contributed by atoms with Crippen LogP contribution in [0.15, 0.2) is 0 Å². The first-order chi connectivity index (χ1) is 5.41. The monoisotopic (exact) mass is 159 g/mol. The minimum absolute atomic E-state index is 0.619. The summed E-state index contributed by atoms with van der Waals surface area (Å²) in [5.74, 6) is 0. The molecule has 0 spiro atoms. The van der Waals surface area contributed by atoms with Crippen LogP contribution in [0.3, 0.4) is 0 Å². The highest BCUT2D eigenvalue weighted by Gasteiger charge is 1.87. The summed E-state index contributed by atoms with van der Waals surface area (Å²) >= 11 is 0. The van der Waals surface area contributed by atoms with Crippen molar-refractivity contribution in [1.29, 1.82) is 0 Å². The van der Waals surface area contributed by atoms with E-state index in [0.29, 0.717) is 13.2 Å². The van der Waals surface area contributed by atoms with Gasteiger partial charge >= 0.3 is 0 Å². The molecule has 3 heteroatoms. The highest BCUT2D eigenvalue weighted by Crippen LogP contribution is 1.95. The molecule has 0 fully saturated rings. The second kappa shape index (κ2) is 9.59. The van der Waals surface area contributed by atoms with E-state index in [0.717, 1.165) is 32.1 Å². The Morgan fingerprint density at radius 1 is 1.36 bits per heavy atom. The fourth-order valence-electron chi connectivity index (χ4n) is 0.829. The summed E-state index contributed by atoms with van der Waals surface area (Å²) in [6, 6.07) is 0. The van der Waals surface area contributed by atoms with Crippen LogP contribution >= 0.6 is 0 Å². The summed E-state index contributed by atoms with van der Waals surface area (Å²) in [7, 11) is 1.67. The van der Waals surface area contributed by atoms with Crippen LogP contribution in [-0.2, 0) is 9.53 Å². The molecule has 1 N–H and O–H groups in total. The Bertz CT molecular complexity index is 86.2. The van der Waals surface area contributed by atoms with Gasteiger partial charge in [-0.15, -0.1) is 0 Å². The molecular formula is C8H17NO2. The molecule has 0 aromatic rings. The van der Waals surface area contributed by atoms with Gasteiger partial charge in [0.25, 0.3) is 0 Å². The summed E-state index contributed by atoms with van der Waals surface area (Å²) < 4.78 is 4.80. The van der Waals surface area contributed by atoms with Crippen LogP contribution in [0.2, 0.25) is 0 Å². The minimum Gasteiger partial charge on any atom is -0.370 e. The third-order valence-electron chi connectivity index (χ3n) is 1.42. The largest absolute Gasteiger partial charge is 0.370 e. The highest BCUT2D eigenvalue weighted by atomic mass is 16.5. The van der Waals surface area contributed by atoms with Crippen LogP contribution in [0.5, 0.6) is 0 Å². The van der Waals surface area contributed by atoms with Gasteiger partial charge in [0, 0.05) is 13.5 Å². The van der Waals surface area contributed by atoms with Crippen molar-refractivity contribution >= 4 is 6.29 Å². The molecule has 0 aromatic carbocycles. The molecule has 0 radical (unpaired) electrons. The van der Waals surface area contributed by atoms with E-state index in [4.69, 9.17) is 4.74 Å². The molecule has 0 aliphatic carbocycles.